The van der Waals surface area contributed by atoms with E-state index in [1.54, 1.807) is 0 Å². The molecule has 0 atom stereocenters. The first-order valence-electron chi connectivity index (χ1n) is 0. The third-order valence-corrected chi connectivity index (χ3v) is 0. The van der Waals surface area contributed by atoms with E-state index >= 15 is 0 Å². The van der Waals surface area contributed by atoms with Crippen molar-refractivity contribution >= 4 is 0 Å². The van der Waals surface area contributed by atoms with Crippen molar-refractivity contribution in [1.82, 2.24) is 36.9 Å². The molecular formula is H24ClN6Ru+7. The van der Waals surface area contributed by atoms with Gasteiger partial charge in [0.1, 0.15) is 0 Å². The van der Waals surface area contributed by atoms with Crippen LogP contribution in [0.1, 0.15) is 0 Å². The standard InChI is InChI=1S/ClH.6H3N.Ru/h1H;6*1H3;/q;;;;;;;+2/p+5. The molecule has 0 amide bonds. The molecular weight excluding hydrogens is 221 g/mol. The van der Waals surface area contributed by atoms with Crippen molar-refractivity contribution in [3.63, 3.8) is 0 Å². The van der Waals surface area contributed by atoms with Gasteiger partial charge in [0, 0.05) is 0 Å². The second kappa shape index (κ2) is 754. The van der Waals surface area contributed by atoms with Gasteiger partial charge in [0.2, 0.25) is 0 Å². The maximum absolute atomic E-state index is 0. The Morgan fingerprint density at radius 1 is 0.375 bits per heavy atom. The fraction of sp³-hybridized carbons (Fsp3) is 0. The minimum absolute atomic E-state index is 0. The maximum atomic E-state index is 0. The van der Waals surface area contributed by atoms with Crippen LogP contribution in [0.2, 0.25) is 0 Å². The van der Waals surface area contributed by atoms with Crippen LogP contribution >= 0.6 is 0 Å². The summed E-state index contributed by atoms with van der Waals surface area (Å²) in [6.07, 6.45) is 0. The third kappa shape index (κ3) is 474. The van der Waals surface area contributed by atoms with Crippen LogP contribution < -0.4 is 49.3 Å². The summed E-state index contributed by atoms with van der Waals surface area (Å²) in [6.45, 7) is 0. The van der Waals surface area contributed by atoms with Gasteiger partial charge in [-0.2, -0.15) is 0 Å². The molecule has 0 saturated heterocycles. The van der Waals surface area contributed by atoms with Crippen molar-refractivity contribution in [2.75, 3.05) is 0 Å². The van der Waals surface area contributed by atoms with Crippen molar-refractivity contribution in [2.45, 2.75) is 0 Å². The van der Waals surface area contributed by atoms with E-state index < -0.39 is 0 Å². The molecule has 0 heterocycles. The second-order valence-electron chi connectivity index (χ2n) is 0. The first-order chi connectivity index (χ1) is 0. The maximum Gasteiger partial charge on any atom is 2.00 e. The summed E-state index contributed by atoms with van der Waals surface area (Å²) in [5, 5.41) is 0. The molecule has 0 aliphatic carbocycles. The molecule has 0 aromatic rings. The Bertz CT molecular complexity index is 8.49. The smallest absolute Gasteiger partial charge is 1.00 e. The molecule has 0 rings (SSSR count). The third-order valence-electron chi connectivity index (χ3n) is 0. The summed E-state index contributed by atoms with van der Waals surface area (Å²) in [5.41, 5.74) is 0. The van der Waals surface area contributed by atoms with Crippen molar-refractivity contribution in [3.05, 3.63) is 0 Å². The summed E-state index contributed by atoms with van der Waals surface area (Å²) in [4.78, 5) is 0. The van der Waals surface area contributed by atoms with Gasteiger partial charge >= 0.3 is 19.5 Å². The Labute approximate surface area is 69.2 Å². The van der Waals surface area contributed by atoms with E-state index in [0.717, 1.165) is 0 Å². The number of hydrogen-bond donors (Lipinski definition) is 6. The molecule has 62 valence electrons. The van der Waals surface area contributed by atoms with E-state index in [1.807, 2.05) is 0 Å². The normalized spacial score (nSPS) is 0. The molecule has 0 fully saturated rings. The Morgan fingerprint density at radius 3 is 0.375 bits per heavy atom. The average molecular weight is 245 g/mol. The van der Waals surface area contributed by atoms with Crippen molar-refractivity contribution in [2.24, 2.45) is 0 Å². The van der Waals surface area contributed by atoms with Gasteiger partial charge in [-0.1, -0.05) is 0 Å². The number of hydrogen-bond acceptors (Lipinski definition) is 0. The van der Waals surface area contributed by atoms with E-state index in [1.165, 1.54) is 0 Å². The van der Waals surface area contributed by atoms with Gasteiger partial charge in [-0.25, -0.2) is 0 Å². The molecule has 8 heavy (non-hydrogen) atoms. The summed E-state index contributed by atoms with van der Waals surface area (Å²) in [7, 11) is 0. The van der Waals surface area contributed by atoms with Crippen LogP contribution in [0.3, 0.4) is 0 Å². The summed E-state index contributed by atoms with van der Waals surface area (Å²) < 4.78 is 0. The van der Waals surface area contributed by atoms with Crippen LogP contribution in [0.5, 0.6) is 0 Å². The molecule has 24 N–H and O–H groups in total. The number of rotatable bonds is 0. The summed E-state index contributed by atoms with van der Waals surface area (Å²) in [6, 6.07) is 0. The molecule has 0 radical (unpaired) electrons. The molecule has 0 aromatic carbocycles. The minimum atomic E-state index is 0. The quantitative estimate of drug-likeness (QED) is 0.290. The average Bonchev–Trinajstić information content (AvgIpc) is 0. The second-order valence-corrected chi connectivity index (χ2v) is 0. The van der Waals surface area contributed by atoms with Gasteiger partial charge in [-0.05, 0) is 0 Å². The van der Waals surface area contributed by atoms with Crippen LogP contribution in [0.4, 0.5) is 0 Å². The topological polar surface area (TPSA) is 219 Å². The molecule has 0 spiro atoms. The molecule has 0 aliphatic rings. The largest absolute Gasteiger partial charge is 2.00 e. The number of halogens is 1. The van der Waals surface area contributed by atoms with Gasteiger partial charge < -0.3 is 49.3 Å². The van der Waals surface area contributed by atoms with Crippen molar-refractivity contribution < 1.29 is 31.9 Å². The Hall–Kier alpha value is 0.673. The first-order valence-corrected chi connectivity index (χ1v) is 0. The molecule has 0 unspecified atom stereocenters. The zero-order valence-corrected chi connectivity index (χ0v) is 9.23. The molecule has 6 nitrogen and oxygen atoms in total. The zero-order chi connectivity index (χ0) is 0. The molecule has 0 aromatic heterocycles. The SMILES string of the molecule is [Cl-].[NH4+].[NH4+].[NH4+].[NH4+].[NH4+].[NH4+].[Ru+2]. The van der Waals surface area contributed by atoms with Crippen LogP contribution in [0.15, 0.2) is 0 Å². The van der Waals surface area contributed by atoms with Crippen molar-refractivity contribution in [1.29, 1.82) is 0 Å². The monoisotopic (exact) mass is 245 g/mol. The van der Waals surface area contributed by atoms with E-state index in [2.05, 4.69) is 0 Å². The fourth-order valence-electron chi connectivity index (χ4n) is 0. The van der Waals surface area contributed by atoms with Gasteiger partial charge in [0.15, 0.2) is 0 Å². The summed E-state index contributed by atoms with van der Waals surface area (Å²) in [5.74, 6) is 0. The van der Waals surface area contributed by atoms with Gasteiger partial charge in [0.25, 0.3) is 0 Å². The molecule has 0 bridgehead atoms. The van der Waals surface area contributed by atoms with E-state index in [-0.39, 0.29) is 68.8 Å². The van der Waals surface area contributed by atoms with Gasteiger partial charge in [-0.15, -0.1) is 0 Å². The summed E-state index contributed by atoms with van der Waals surface area (Å²) >= 11 is 0. The van der Waals surface area contributed by atoms with Gasteiger partial charge in [0.05, 0.1) is 0 Å². The minimum Gasteiger partial charge on any atom is -1.00 e. The first kappa shape index (κ1) is 1130. The number of quaternary nitrogens is 6. The zero-order valence-electron chi connectivity index (χ0n) is 6.73. The van der Waals surface area contributed by atoms with Crippen molar-refractivity contribution in [3.8, 4) is 0 Å². The molecule has 8 heteroatoms. The van der Waals surface area contributed by atoms with Gasteiger partial charge in [-0.3, -0.25) is 0 Å². The Balaban J connectivity index is 0. The van der Waals surface area contributed by atoms with Crippen LogP contribution in [0, 0.1) is 0 Å². The Kier molecular flexibility index (Phi) is 106000. The van der Waals surface area contributed by atoms with Crippen LogP contribution in [-0.4, -0.2) is 0 Å². The van der Waals surface area contributed by atoms with E-state index in [0.29, 0.717) is 0 Å². The van der Waals surface area contributed by atoms with Crippen LogP contribution in [0.25, 0.3) is 0 Å². The molecule has 0 saturated carbocycles. The van der Waals surface area contributed by atoms with E-state index in [4.69, 9.17) is 0 Å². The predicted molar refractivity (Wildman–Crippen MR) is 35.9 cm³/mol. The predicted octanol–water partition coefficient (Wildman–Crippen LogP) is -0.741. The van der Waals surface area contributed by atoms with E-state index in [9.17, 15) is 0 Å². The Morgan fingerprint density at radius 2 is 0.375 bits per heavy atom. The molecule has 0 aliphatic heterocycles. The fourth-order valence-corrected chi connectivity index (χ4v) is 0. The van der Waals surface area contributed by atoms with Crippen LogP contribution in [-0.2, 0) is 19.5 Å².